The van der Waals surface area contributed by atoms with Gasteiger partial charge in [0.2, 0.25) is 5.91 Å². The van der Waals surface area contributed by atoms with Crippen molar-refractivity contribution in [3.8, 4) is 0 Å². The molecule has 2 fully saturated rings. The molecule has 0 radical (unpaired) electrons. The van der Waals surface area contributed by atoms with E-state index in [1.165, 1.54) is 0 Å². The zero-order chi connectivity index (χ0) is 15.0. The van der Waals surface area contributed by atoms with E-state index in [1.54, 1.807) is 31.2 Å². The van der Waals surface area contributed by atoms with Crippen LogP contribution in [0.3, 0.4) is 0 Å². The highest BCUT2D eigenvalue weighted by molar-refractivity contribution is 6.06. The predicted octanol–water partition coefficient (Wildman–Crippen LogP) is 1.64. The maximum atomic E-state index is 12.4. The van der Waals surface area contributed by atoms with Crippen molar-refractivity contribution in [1.82, 2.24) is 5.32 Å². The van der Waals surface area contributed by atoms with Crippen molar-refractivity contribution in [2.24, 2.45) is 11.7 Å². The summed E-state index contributed by atoms with van der Waals surface area (Å²) in [4.78, 5) is 24.6. The van der Waals surface area contributed by atoms with Gasteiger partial charge in [-0.3, -0.25) is 9.59 Å². The Morgan fingerprint density at radius 3 is 2.48 bits per heavy atom. The van der Waals surface area contributed by atoms with Crippen LogP contribution in [0.25, 0.3) is 0 Å². The van der Waals surface area contributed by atoms with Gasteiger partial charge < -0.3 is 16.4 Å². The third kappa shape index (κ3) is 3.08. The third-order valence-corrected chi connectivity index (χ3v) is 4.25. The average Bonchev–Trinajstić information content (AvgIpc) is 3.31. The minimum Gasteiger partial charge on any atom is -0.349 e. The summed E-state index contributed by atoms with van der Waals surface area (Å²) < 4.78 is 0. The highest BCUT2D eigenvalue weighted by Gasteiger charge is 2.44. The van der Waals surface area contributed by atoms with E-state index in [0.717, 1.165) is 25.7 Å². The monoisotopic (exact) mass is 287 g/mol. The normalized spacial score (nSPS) is 20.5. The zero-order valence-corrected chi connectivity index (χ0v) is 12.2. The number of anilines is 1. The SMILES string of the molecule is CC(N)(C(=O)Nc1ccccc1C(=O)NC1CC1)C1CC1. The summed E-state index contributed by atoms with van der Waals surface area (Å²) in [6, 6.07) is 7.34. The minimum atomic E-state index is -0.875. The van der Waals surface area contributed by atoms with Gasteiger partial charge in [-0.25, -0.2) is 0 Å². The first-order valence-electron chi connectivity index (χ1n) is 7.48. The fourth-order valence-corrected chi connectivity index (χ4v) is 2.41. The van der Waals surface area contributed by atoms with Gasteiger partial charge in [-0.05, 0) is 50.7 Å². The first-order valence-corrected chi connectivity index (χ1v) is 7.48. The highest BCUT2D eigenvalue weighted by atomic mass is 16.2. The number of nitrogens with one attached hydrogen (secondary N) is 2. The van der Waals surface area contributed by atoms with Crippen molar-refractivity contribution in [2.45, 2.75) is 44.2 Å². The molecule has 112 valence electrons. The Balaban J connectivity index is 1.75. The Bertz CT molecular complexity index is 575. The lowest BCUT2D eigenvalue weighted by atomic mass is 9.96. The van der Waals surface area contributed by atoms with Crippen LogP contribution in [-0.2, 0) is 4.79 Å². The molecule has 21 heavy (non-hydrogen) atoms. The van der Waals surface area contributed by atoms with Crippen LogP contribution in [0, 0.1) is 5.92 Å². The molecule has 5 nitrogen and oxygen atoms in total. The van der Waals surface area contributed by atoms with Gasteiger partial charge in [0, 0.05) is 6.04 Å². The lowest BCUT2D eigenvalue weighted by Gasteiger charge is -2.23. The molecule has 0 spiro atoms. The van der Waals surface area contributed by atoms with Gasteiger partial charge in [-0.2, -0.15) is 0 Å². The maximum absolute atomic E-state index is 12.4. The van der Waals surface area contributed by atoms with Crippen LogP contribution < -0.4 is 16.4 Å². The van der Waals surface area contributed by atoms with Crippen LogP contribution in [0.2, 0.25) is 0 Å². The standard InChI is InChI=1S/C16H21N3O2/c1-16(17,10-6-7-10)15(21)19-13-5-3-2-4-12(13)14(20)18-11-8-9-11/h2-5,10-11H,6-9,17H2,1H3,(H,18,20)(H,19,21). The van der Waals surface area contributed by atoms with Crippen molar-refractivity contribution in [2.75, 3.05) is 5.32 Å². The molecule has 1 unspecified atom stereocenters. The summed E-state index contributed by atoms with van der Waals surface area (Å²) in [6.45, 7) is 1.76. The number of nitrogens with two attached hydrogens (primary N) is 1. The lowest BCUT2D eigenvalue weighted by molar-refractivity contribution is -0.121. The second-order valence-corrected chi connectivity index (χ2v) is 6.30. The summed E-state index contributed by atoms with van der Waals surface area (Å²) in [5.74, 6) is -0.125. The molecule has 0 aliphatic heterocycles. The van der Waals surface area contributed by atoms with Gasteiger partial charge in [0.15, 0.2) is 0 Å². The summed E-state index contributed by atoms with van der Waals surface area (Å²) in [7, 11) is 0. The second kappa shape index (κ2) is 5.15. The number of hydrogen-bond acceptors (Lipinski definition) is 3. The molecular formula is C16H21N3O2. The quantitative estimate of drug-likeness (QED) is 0.770. The molecular weight excluding hydrogens is 266 g/mol. The van der Waals surface area contributed by atoms with E-state index in [1.807, 2.05) is 0 Å². The van der Waals surface area contributed by atoms with Crippen LogP contribution >= 0.6 is 0 Å². The first-order chi connectivity index (χ1) is 9.98. The summed E-state index contributed by atoms with van der Waals surface area (Å²) in [5, 5.41) is 5.76. The van der Waals surface area contributed by atoms with Gasteiger partial charge in [0.05, 0.1) is 16.8 Å². The van der Waals surface area contributed by atoms with E-state index in [2.05, 4.69) is 10.6 Å². The molecule has 2 amide bonds. The van der Waals surface area contributed by atoms with Gasteiger partial charge >= 0.3 is 0 Å². The molecule has 0 saturated heterocycles. The van der Waals surface area contributed by atoms with Crippen LogP contribution in [0.5, 0.6) is 0 Å². The molecule has 0 aromatic heterocycles. The summed E-state index contributed by atoms with van der Waals surface area (Å²) in [5.41, 5.74) is 6.26. The number of rotatable bonds is 5. The van der Waals surface area contributed by atoms with Crippen molar-refractivity contribution >= 4 is 17.5 Å². The molecule has 2 saturated carbocycles. The number of hydrogen-bond donors (Lipinski definition) is 3. The largest absolute Gasteiger partial charge is 0.349 e. The molecule has 1 aromatic carbocycles. The van der Waals surface area contributed by atoms with Crippen molar-refractivity contribution in [1.29, 1.82) is 0 Å². The Labute approximate surface area is 124 Å². The van der Waals surface area contributed by atoms with Gasteiger partial charge in [0.25, 0.3) is 5.91 Å². The van der Waals surface area contributed by atoms with E-state index in [4.69, 9.17) is 5.73 Å². The molecule has 1 aromatic rings. The Morgan fingerprint density at radius 1 is 1.19 bits per heavy atom. The zero-order valence-electron chi connectivity index (χ0n) is 12.2. The summed E-state index contributed by atoms with van der Waals surface area (Å²) in [6.07, 6.45) is 4.04. The number of carbonyl (C=O) groups excluding carboxylic acids is 2. The molecule has 5 heteroatoms. The minimum absolute atomic E-state index is 0.140. The topological polar surface area (TPSA) is 84.2 Å². The number of para-hydroxylation sites is 1. The molecule has 0 bridgehead atoms. The Morgan fingerprint density at radius 2 is 1.86 bits per heavy atom. The second-order valence-electron chi connectivity index (χ2n) is 6.30. The smallest absolute Gasteiger partial charge is 0.253 e. The molecule has 1 atom stereocenters. The fraction of sp³-hybridized carbons (Fsp3) is 0.500. The van der Waals surface area contributed by atoms with Crippen LogP contribution in [0.15, 0.2) is 24.3 Å². The molecule has 2 aliphatic carbocycles. The van der Waals surface area contributed by atoms with E-state index < -0.39 is 5.54 Å². The van der Waals surface area contributed by atoms with Crippen LogP contribution in [-0.4, -0.2) is 23.4 Å². The lowest BCUT2D eigenvalue weighted by Crippen LogP contribution is -2.50. The van der Waals surface area contributed by atoms with E-state index in [0.29, 0.717) is 11.3 Å². The molecule has 2 aliphatic rings. The van der Waals surface area contributed by atoms with Gasteiger partial charge in [-0.15, -0.1) is 0 Å². The Kier molecular flexibility index (Phi) is 3.45. The van der Waals surface area contributed by atoms with Crippen molar-refractivity contribution in [3.05, 3.63) is 29.8 Å². The number of amides is 2. The van der Waals surface area contributed by atoms with E-state index >= 15 is 0 Å². The number of carbonyl (C=O) groups is 2. The predicted molar refractivity (Wildman–Crippen MR) is 80.9 cm³/mol. The first kappa shape index (κ1) is 14.1. The average molecular weight is 287 g/mol. The van der Waals surface area contributed by atoms with Crippen molar-refractivity contribution < 1.29 is 9.59 Å². The molecule has 3 rings (SSSR count). The van der Waals surface area contributed by atoms with Crippen LogP contribution in [0.1, 0.15) is 43.0 Å². The van der Waals surface area contributed by atoms with Gasteiger partial charge in [0.1, 0.15) is 0 Å². The molecule has 0 heterocycles. The Hall–Kier alpha value is -1.88. The number of benzene rings is 1. The van der Waals surface area contributed by atoms with E-state index in [9.17, 15) is 9.59 Å². The highest BCUT2D eigenvalue weighted by Crippen LogP contribution is 2.38. The van der Waals surface area contributed by atoms with Crippen molar-refractivity contribution in [3.63, 3.8) is 0 Å². The summed E-state index contributed by atoms with van der Waals surface area (Å²) >= 11 is 0. The third-order valence-electron chi connectivity index (χ3n) is 4.25. The molecule has 4 N–H and O–H groups in total. The van der Waals surface area contributed by atoms with Gasteiger partial charge in [-0.1, -0.05) is 12.1 Å². The van der Waals surface area contributed by atoms with E-state index in [-0.39, 0.29) is 23.8 Å². The maximum Gasteiger partial charge on any atom is 0.253 e. The van der Waals surface area contributed by atoms with Crippen LogP contribution in [0.4, 0.5) is 5.69 Å². The fourth-order valence-electron chi connectivity index (χ4n) is 2.41.